The van der Waals surface area contributed by atoms with Crippen LogP contribution in [0.5, 0.6) is 5.75 Å². The molecule has 0 spiro atoms. The number of methoxy groups -OCH3 is 1. The van der Waals surface area contributed by atoms with Gasteiger partial charge in [-0.1, -0.05) is 20.8 Å². The number of hydrogen-bond donors (Lipinski definition) is 1. The van der Waals surface area contributed by atoms with Crippen molar-refractivity contribution in [3.05, 3.63) is 18.2 Å². The van der Waals surface area contributed by atoms with Crippen LogP contribution in [0.1, 0.15) is 27.2 Å². The van der Waals surface area contributed by atoms with E-state index in [0.29, 0.717) is 12.1 Å². The summed E-state index contributed by atoms with van der Waals surface area (Å²) in [5.74, 6) is -0.0607. The van der Waals surface area contributed by atoms with Gasteiger partial charge in [0.05, 0.1) is 7.11 Å². The number of carbonyl (C=O) groups excluding carboxylic acids is 1. The molecule has 0 heterocycles. The van der Waals surface area contributed by atoms with E-state index in [0.717, 1.165) is 0 Å². The molecule has 0 radical (unpaired) electrons. The van der Waals surface area contributed by atoms with E-state index in [1.54, 1.807) is 6.07 Å². The summed E-state index contributed by atoms with van der Waals surface area (Å²) in [6, 6.07) is 4.29. The van der Waals surface area contributed by atoms with Crippen molar-refractivity contribution < 1.29 is 17.9 Å². The van der Waals surface area contributed by atoms with Crippen LogP contribution in [0.15, 0.2) is 23.1 Å². The van der Waals surface area contributed by atoms with Crippen molar-refractivity contribution in [3.63, 3.8) is 0 Å². The standard InChI is InChI=1S/C13H18ClNO4S/c1-13(2,3)8-12(16)15-9-5-6-10(19-4)11(7-9)20(14,17)18/h5-7H,8H2,1-4H3,(H,15,16). The monoisotopic (exact) mass is 319 g/mol. The number of amides is 1. The number of halogens is 1. The zero-order valence-corrected chi connectivity index (χ0v) is 13.4. The first-order chi connectivity index (χ1) is 9.03. The van der Waals surface area contributed by atoms with Crippen molar-refractivity contribution in [2.24, 2.45) is 5.41 Å². The maximum absolute atomic E-state index is 11.8. The SMILES string of the molecule is COc1ccc(NC(=O)CC(C)(C)C)cc1S(=O)(=O)Cl. The predicted octanol–water partition coefficient (Wildman–Crippen LogP) is 3.00. The molecule has 0 aliphatic carbocycles. The first kappa shape index (κ1) is 16.8. The largest absolute Gasteiger partial charge is 0.495 e. The van der Waals surface area contributed by atoms with Gasteiger partial charge >= 0.3 is 0 Å². The minimum atomic E-state index is -3.94. The lowest BCUT2D eigenvalue weighted by Crippen LogP contribution is -2.19. The summed E-state index contributed by atoms with van der Waals surface area (Å²) in [5, 5.41) is 2.64. The first-order valence-electron chi connectivity index (χ1n) is 5.95. The Labute approximate surface area is 123 Å². The van der Waals surface area contributed by atoms with E-state index in [9.17, 15) is 13.2 Å². The van der Waals surface area contributed by atoms with Crippen molar-refractivity contribution >= 4 is 31.3 Å². The molecule has 0 saturated carbocycles. The van der Waals surface area contributed by atoms with E-state index in [2.05, 4.69) is 5.32 Å². The van der Waals surface area contributed by atoms with Gasteiger partial charge in [-0.15, -0.1) is 0 Å². The molecule has 0 atom stereocenters. The Balaban J connectivity index is 3.02. The molecule has 7 heteroatoms. The van der Waals surface area contributed by atoms with Crippen LogP contribution in [0, 0.1) is 5.41 Å². The number of ether oxygens (including phenoxy) is 1. The fourth-order valence-corrected chi connectivity index (χ4v) is 2.65. The van der Waals surface area contributed by atoms with Gasteiger partial charge in [0.2, 0.25) is 5.91 Å². The van der Waals surface area contributed by atoms with E-state index in [1.807, 2.05) is 20.8 Å². The average Bonchev–Trinajstić information content (AvgIpc) is 2.25. The summed E-state index contributed by atoms with van der Waals surface area (Å²) >= 11 is 0. The Morgan fingerprint density at radius 3 is 2.40 bits per heavy atom. The van der Waals surface area contributed by atoms with E-state index in [1.165, 1.54) is 19.2 Å². The highest BCUT2D eigenvalue weighted by atomic mass is 35.7. The molecule has 1 N–H and O–H groups in total. The molecule has 112 valence electrons. The van der Waals surface area contributed by atoms with Crippen molar-refractivity contribution in [2.45, 2.75) is 32.1 Å². The zero-order valence-electron chi connectivity index (χ0n) is 11.9. The fraction of sp³-hybridized carbons (Fsp3) is 0.462. The lowest BCUT2D eigenvalue weighted by Gasteiger charge is -2.17. The van der Waals surface area contributed by atoms with Gasteiger partial charge in [0, 0.05) is 22.8 Å². The number of hydrogen-bond acceptors (Lipinski definition) is 4. The molecule has 1 aromatic rings. The van der Waals surface area contributed by atoms with E-state index in [-0.39, 0.29) is 22.0 Å². The Morgan fingerprint density at radius 2 is 1.95 bits per heavy atom. The van der Waals surface area contributed by atoms with Gasteiger partial charge < -0.3 is 10.1 Å². The van der Waals surface area contributed by atoms with Crippen molar-refractivity contribution in [3.8, 4) is 5.75 Å². The van der Waals surface area contributed by atoms with E-state index < -0.39 is 9.05 Å². The number of benzene rings is 1. The first-order valence-corrected chi connectivity index (χ1v) is 8.26. The number of nitrogens with one attached hydrogen (secondary N) is 1. The molecule has 1 amide bonds. The molecule has 0 bridgehead atoms. The summed E-state index contributed by atoms with van der Waals surface area (Å²) in [5.41, 5.74) is 0.206. The molecule has 1 rings (SSSR count). The molecule has 0 fully saturated rings. The van der Waals surface area contributed by atoms with Crippen molar-refractivity contribution in [2.75, 3.05) is 12.4 Å². The summed E-state index contributed by atoms with van der Waals surface area (Å²) < 4.78 is 27.8. The fourth-order valence-electron chi connectivity index (χ4n) is 1.63. The molecule has 1 aromatic carbocycles. The quantitative estimate of drug-likeness (QED) is 0.866. The predicted molar refractivity (Wildman–Crippen MR) is 78.7 cm³/mol. The van der Waals surface area contributed by atoms with E-state index >= 15 is 0 Å². The average molecular weight is 320 g/mol. The summed E-state index contributed by atoms with van der Waals surface area (Å²) in [6.45, 7) is 5.82. The van der Waals surface area contributed by atoms with Crippen LogP contribution in [0.3, 0.4) is 0 Å². The van der Waals surface area contributed by atoms with Crippen LogP contribution in [0.4, 0.5) is 5.69 Å². The lowest BCUT2D eigenvalue weighted by molar-refractivity contribution is -0.117. The van der Waals surface area contributed by atoms with Crippen molar-refractivity contribution in [1.82, 2.24) is 0 Å². The van der Waals surface area contributed by atoms with Crippen LogP contribution >= 0.6 is 10.7 Å². The van der Waals surface area contributed by atoms with Gasteiger partial charge in [-0.2, -0.15) is 0 Å². The van der Waals surface area contributed by atoms with Crippen LogP contribution in [-0.4, -0.2) is 21.4 Å². The molecule has 0 aliphatic rings. The molecule has 0 unspecified atom stereocenters. The highest BCUT2D eigenvalue weighted by Gasteiger charge is 2.19. The van der Waals surface area contributed by atoms with Gasteiger partial charge in [0.15, 0.2) is 0 Å². The minimum absolute atomic E-state index is 0.133. The maximum atomic E-state index is 11.8. The highest BCUT2D eigenvalue weighted by molar-refractivity contribution is 8.13. The smallest absolute Gasteiger partial charge is 0.265 e. The summed E-state index contributed by atoms with van der Waals surface area (Å²) in [6.07, 6.45) is 0.321. The van der Waals surface area contributed by atoms with Crippen LogP contribution in [-0.2, 0) is 13.8 Å². The molecule has 0 saturated heterocycles. The third kappa shape index (κ3) is 5.02. The normalized spacial score (nSPS) is 12.1. The molecule has 0 aromatic heterocycles. The van der Waals surface area contributed by atoms with Crippen LogP contribution in [0.25, 0.3) is 0 Å². The Hall–Kier alpha value is -1.27. The third-order valence-corrected chi connectivity index (χ3v) is 3.74. The zero-order chi connectivity index (χ0) is 15.6. The minimum Gasteiger partial charge on any atom is -0.495 e. The topological polar surface area (TPSA) is 72.5 Å². The summed E-state index contributed by atoms with van der Waals surface area (Å²) in [7, 11) is 2.74. The lowest BCUT2D eigenvalue weighted by atomic mass is 9.92. The number of carbonyl (C=O) groups is 1. The molecular formula is C13H18ClNO4S. The van der Waals surface area contributed by atoms with Crippen molar-refractivity contribution in [1.29, 1.82) is 0 Å². The van der Waals surface area contributed by atoms with Gasteiger partial charge in [-0.25, -0.2) is 8.42 Å². The molecule has 0 aliphatic heterocycles. The number of anilines is 1. The Kier molecular flexibility index (Phi) is 5.05. The van der Waals surface area contributed by atoms with Gasteiger partial charge in [-0.3, -0.25) is 4.79 Å². The third-order valence-electron chi connectivity index (χ3n) is 2.40. The van der Waals surface area contributed by atoms with Gasteiger partial charge in [0.1, 0.15) is 10.6 Å². The number of rotatable bonds is 4. The Bertz CT molecular complexity index is 605. The Morgan fingerprint density at radius 1 is 1.35 bits per heavy atom. The second-order valence-corrected chi connectivity index (χ2v) is 8.12. The second kappa shape index (κ2) is 6.01. The van der Waals surface area contributed by atoms with Gasteiger partial charge in [-0.05, 0) is 23.6 Å². The molecular weight excluding hydrogens is 302 g/mol. The van der Waals surface area contributed by atoms with Crippen LogP contribution < -0.4 is 10.1 Å². The molecule has 5 nitrogen and oxygen atoms in total. The maximum Gasteiger partial charge on any atom is 0.265 e. The van der Waals surface area contributed by atoms with Gasteiger partial charge in [0.25, 0.3) is 9.05 Å². The summed E-state index contributed by atoms with van der Waals surface area (Å²) in [4.78, 5) is 11.6. The highest BCUT2D eigenvalue weighted by Crippen LogP contribution is 2.30. The van der Waals surface area contributed by atoms with E-state index in [4.69, 9.17) is 15.4 Å². The van der Waals surface area contributed by atoms with Crippen LogP contribution in [0.2, 0.25) is 0 Å². The molecule has 20 heavy (non-hydrogen) atoms. The second-order valence-electron chi connectivity index (χ2n) is 5.59.